The molecule has 46 heavy (non-hydrogen) atoms. The number of nitrogens with zero attached hydrogens (tertiary/aromatic N) is 2. The number of thiazole rings is 1. The molecule has 0 amide bonds. The lowest BCUT2D eigenvalue weighted by molar-refractivity contribution is -0.145. The molecule has 0 fully saturated rings. The fourth-order valence-electron chi connectivity index (χ4n) is 5.13. The number of fused-ring (bicyclic) bond motifs is 1. The second-order valence-corrected chi connectivity index (χ2v) is 14.1. The van der Waals surface area contributed by atoms with Gasteiger partial charge in [-0.15, -0.1) is 0 Å². The van der Waals surface area contributed by atoms with E-state index < -0.39 is 18.0 Å². The van der Waals surface area contributed by atoms with Crippen LogP contribution in [0.4, 0.5) is 0 Å². The number of carbonyl (C=O) groups is 2. The van der Waals surface area contributed by atoms with E-state index in [-0.39, 0.29) is 25.4 Å². The molecule has 1 aromatic heterocycles. The fourth-order valence-corrected chi connectivity index (χ4v) is 8.17. The quantitative estimate of drug-likeness (QED) is 0.139. The van der Waals surface area contributed by atoms with E-state index in [9.17, 15) is 14.4 Å². The highest BCUT2D eigenvalue weighted by Gasteiger charge is 2.35. The third-order valence-electron chi connectivity index (χ3n) is 7.26. The predicted octanol–water partition coefficient (Wildman–Crippen LogP) is 6.21. The third-order valence-corrected chi connectivity index (χ3v) is 9.66. The Morgan fingerprint density at radius 2 is 1.70 bits per heavy atom. The third kappa shape index (κ3) is 7.31. The largest absolute Gasteiger partial charge is 0.480 e. The molecule has 0 saturated carbocycles. The van der Waals surface area contributed by atoms with E-state index in [1.165, 1.54) is 11.3 Å². The van der Waals surface area contributed by atoms with Crippen molar-refractivity contribution in [3.05, 3.63) is 121 Å². The van der Waals surface area contributed by atoms with Crippen LogP contribution in [0.2, 0.25) is 0 Å². The molecule has 1 aliphatic heterocycles. The Bertz CT molecular complexity index is 1980. The van der Waals surface area contributed by atoms with Gasteiger partial charge in [-0.2, -0.15) is 0 Å². The minimum Gasteiger partial charge on any atom is -0.480 e. The number of rotatable bonds is 10. The first kappa shape index (κ1) is 34.0. The van der Waals surface area contributed by atoms with Crippen molar-refractivity contribution < 1.29 is 23.8 Å². The van der Waals surface area contributed by atoms with Crippen LogP contribution >= 0.6 is 56.5 Å². The zero-order chi connectivity index (χ0) is 33.0. The van der Waals surface area contributed by atoms with Gasteiger partial charge in [0.1, 0.15) is 5.75 Å². The Kier molecular flexibility index (Phi) is 11.2. The SMILES string of the molecule is CCOC(=O)COc1c(I)cc(I)cc1/C=c1\sc2n(c1=O)[C@H](c1ccc(C(C)C)cc1)C(C(=O)OCC)=C(c1ccccc1)N=2. The molecule has 0 saturated heterocycles. The van der Waals surface area contributed by atoms with Crippen LogP contribution in [-0.4, -0.2) is 36.3 Å². The van der Waals surface area contributed by atoms with Crippen molar-refractivity contribution in [3.63, 3.8) is 0 Å². The Hall–Kier alpha value is -3.30. The zero-order valence-corrected chi connectivity index (χ0v) is 30.8. The van der Waals surface area contributed by atoms with E-state index in [0.29, 0.717) is 37.8 Å². The molecule has 238 valence electrons. The van der Waals surface area contributed by atoms with Gasteiger partial charge in [0.25, 0.3) is 5.56 Å². The molecular formula is C35H32I2N2O6S. The maximum Gasteiger partial charge on any atom is 0.344 e. The average Bonchev–Trinajstić information content (AvgIpc) is 3.34. The summed E-state index contributed by atoms with van der Waals surface area (Å²) in [6.07, 6.45) is 1.75. The van der Waals surface area contributed by atoms with E-state index in [4.69, 9.17) is 19.2 Å². The summed E-state index contributed by atoms with van der Waals surface area (Å²) in [6, 6.07) is 20.5. The molecule has 0 N–H and O–H groups in total. The van der Waals surface area contributed by atoms with Gasteiger partial charge in [0.2, 0.25) is 0 Å². The van der Waals surface area contributed by atoms with Crippen molar-refractivity contribution in [1.82, 2.24) is 4.57 Å². The topological polar surface area (TPSA) is 96.2 Å². The highest BCUT2D eigenvalue weighted by molar-refractivity contribution is 14.1. The minimum absolute atomic E-state index is 0.174. The lowest BCUT2D eigenvalue weighted by Gasteiger charge is -2.26. The van der Waals surface area contributed by atoms with Crippen molar-refractivity contribution in [3.8, 4) is 5.75 Å². The molecule has 5 rings (SSSR count). The standard InChI is InChI=1S/C35H32I2N2O6S/c1-5-43-28(40)19-45-32-24(16-25(36)18-26(32)37)17-27-33(41)39-31(23-14-12-21(13-15-23)20(3)4)29(34(42)44-6-2)30(38-35(39)46-27)22-10-8-7-9-11-22/h7-18,20,31H,5-6,19H2,1-4H3/b27-17-/t31-/m1/s1. The first-order chi connectivity index (χ1) is 22.1. The van der Waals surface area contributed by atoms with Crippen molar-refractivity contribution in [1.29, 1.82) is 0 Å². The number of esters is 2. The number of ether oxygens (including phenoxy) is 3. The molecule has 8 nitrogen and oxygen atoms in total. The maximum absolute atomic E-state index is 14.4. The monoisotopic (exact) mass is 862 g/mol. The van der Waals surface area contributed by atoms with E-state index in [0.717, 1.165) is 23.8 Å². The summed E-state index contributed by atoms with van der Waals surface area (Å²) in [5.74, 6) is -0.227. The van der Waals surface area contributed by atoms with E-state index in [1.54, 1.807) is 24.5 Å². The molecule has 3 aromatic carbocycles. The Balaban J connectivity index is 1.76. The smallest absolute Gasteiger partial charge is 0.344 e. The van der Waals surface area contributed by atoms with Gasteiger partial charge in [0, 0.05) is 14.7 Å². The Morgan fingerprint density at radius 3 is 2.35 bits per heavy atom. The van der Waals surface area contributed by atoms with Crippen LogP contribution in [0, 0.1) is 7.14 Å². The highest BCUT2D eigenvalue weighted by Crippen LogP contribution is 2.36. The van der Waals surface area contributed by atoms with Crippen molar-refractivity contribution in [2.75, 3.05) is 19.8 Å². The molecule has 0 unspecified atom stereocenters. The lowest BCUT2D eigenvalue weighted by atomic mass is 9.91. The fraction of sp³-hybridized carbons (Fsp3) is 0.257. The lowest BCUT2D eigenvalue weighted by Crippen LogP contribution is -2.40. The molecule has 0 bridgehead atoms. The highest BCUT2D eigenvalue weighted by atomic mass is 127. The van der Waals surface area contributed by atoms with Crippen molar-refractivity contribution in [2.45, 2.75) is 39.7 Å². The van der Waals surface area contributed by atoms with Crippen LogP contribution in [0.25, 0.3) is 11.8 Å². The number of carbonyl (C=O) groups excluding carboxylic acids is 2. The molecule has 1 atom stereocenters. The average molecular weight is 863 g/mol. The van der Waals surface area contributed by atoms with Crippen LogP contribution in [0.5, 0.6) is 5.75 Å². The van der Waals surface area contributed by atoms with E-state index in [2.05, 4.69) is 59.0 Å². The number of benzene rings is 3. The van der Waals surface area contributed by atoms with E-state index >= 15 is 0 Å². The molecule has 11 heteroatoms. The first-order valence-electron chi connectivity index (χ1n) is 14.8. The van der Waals surface area contributed by atoms with Gasteiger partial charge in [-0.1, -0.05) is 79.8 Å². The van der Waals surface area contributed by atoms with Crippen LogP contribution in [0.15, 0.2) is 82.1 Å². The molecular weight excluding hydrogens is 830 g/mol. The summed E-state index contributed by atoms with van der Waals surface area (Å²) < 4.78 is 20.2. The van der Waals surface area contributed by atoms with Gasteiger partial charge >= 0.3 is 11.9 Å². The summed E-state index contributed by atoms with van der Waals surface area (Å²) in [7, 11) is 0. The molecule has 1 aliphatic rings. The second-order valence-electron chi connectivity index (χ2n) is 10.7. The number of hydrogen-bond donors (Lipinski definition) is 0. The predicted molar refractivity (Wildman–Crippen MR) is 196 cm³/mol. The number of hydrogen-bond acceptors (Lipinski definition) is 8. The van der Waals surface area contributed by atoms with Crippen molar-refractivity contribution in [2.24, 2.45) is 4.99 Å². The zero-order valence-electron chi connectivity index (χ0n) is 25.7. The molecule has 0 spiro atoms. The first-order valence-corrected chi connectivity index (χ1v) is 17.8. The van der Waals surface area contributed by atoms with Gasteiger partial charge in [-0.3, -0.25) is 9.36 Å². The second kappa shape index (κ2) is 15.1. The summed E-state index contributed by atoms with van der Waals surface area (Å²) in [6.45, 7) is 7.89. The van der Waals surface area contributed by atoms with Crippen LogP contribution in [0.1, 0.15) is 61.9 Å². The summed E-state index contributed by atoms with van der Waals surface area (Å²) >= 11 is 5.59. The number of aromatic nitrogens is 1. The summed E-state index contributed by atoms with van der Waals surface area (Å²) in [5, 5.41) is 0. The van der Waals surface area contributed by atoms with E-state index in [1.807, 2.05) is 66.7 Å². The van der Waals surface area contributed by atoms with Crippen LogP contribution in [0.3, 0.4) is 0 Å². The minimum atomic E-state index is -0.774. The van der Waals surface area contributed by atoms with Gasteiger partial charge in [0.15, 0.2) is 11.4 Å². The van der Waals surface area contributed by atoms with Gasteiger partial charge in [0.05, 0.1) is 38.6 Å². The Morgan fingerprint density at radius 1 is 1.00 bits per heavy atom. The summed E-state index contributed by atoms with van der Waals surface area (Å²) in [4.78, 5) is 45.6. The number of halogens is 2. The van der Waals surface area contributed by atoms with Gasteiger partial charge in [-0.25, -0.2) is 14.6 Å². The molecule has 0 aliphatic carbocycles. The molecule has 4 aromatic rings. The molecule has 0 radical (unpaired) electrons. The molecule has 2 heterocycles. The van der Waals surface area contributed by atoms with Gasteiger partial charge < -0.3 is 14.2 Å². The maximum atomic E-state index is 14.4. The normalized spacial score (nSPS) is 14.6. The summed E-state index contributed by atoms with van der Waals surface area (Å²) in [5.41, 5.74) is 3.75. The van der Waals surface area contributed by atoms with Crippen LogP contribution in [-0.2, 0) is 19.1 Å². The van der Waals surface area contributed by atoms with Crippen LogP contribution < -0.4 is 19.6 Å². The van der Waals surface area contributed by atoms with Crippen molar-refractivity contribution >= 4 is 80.2 Å². The Labute approximate surface area is 298 Å². The van der Waals surface area contributed by atoms with Gasteiger partial charge in [-0.05, 0) is 94.3 Å².